The molecule has 1 N–H and O–H groups in total. The molecule has 4 heterocycles. The van der Waals surface area contributed by atoms with Crippen molar-refractivity contribution in [3.63, 3.8) is 0 Å². The lowest BCUT2D eigenvalue weighted by atomic mass is 10.1. The molecule has 3 aromatic rings. The highest BCUT2D eigenvalue weighted by atomic mass is 16.5. The van der Waals surface area contributed by atoms with Gasteiger partial charge in [-0.3, -0.25) is 4.79 Å². The van der Waals surface area contributed by atoms with Gasteiger partial charge in [0, 0.05) is 19.3 Å². The number of pyridine rings is 2. The predicted octanol–water partition coefficient (Wildman–Crippen LogP) is 3.98. The summed E-state index contributed by atoms with van der Waals surface area (Å²) < 4.78 is 5.23. The number of rotatable bonds is 4. The first-order valence-electron chi connectivity index (χ1n) is 9.39. The molecule has 0 atom stereocenters. The molecule has 27 heavy (non-hydrogen) atoms. The SMILES string of the molecule is CC(C)c1noc2ncc(C(=O)Nc3ccc(N4CCCCC4)nc3)cc12. The van der Waals surface area contributed by atoms with Gasteiger partial charge in [0.1, 0.15) is 5.82 Å². The molecule has 0 spiro atoms. The van der Waals surface area contributed by atoms with Gasteiger partial charge in [-0.1, -0.05) is 19.0 Å². The van der Waals surface area contributed by atoms with Crippen LogP contribution in [0.15, 0.2) is 35.1 Å². The number of anilines is 2. The molecule has 0 aliphatic carbocycles. The number of aromatic nitrogens is 3. The highest BCUT2D eigenvalue weighted by molar-refractivity contribution is 6.05. The summed E-state index contributed by atoms with van der Waals surface area (Å²) in [7, 11) is 0. The topological polar surface area (TPSA) is 84.1 Å². The summed E-state index contributed by atoms with van der Waals surface area (Å²) >= 11 is 0. The second-order valence-corrected chi connectivity index (χ2v) is 7.21. The molecule has 1 amide bonds. The summed E-state index contributed by atoms with van der Waals surface area (Å²) in [5, 5.41) is 7.71. The Morgan fingerprint density at radius 3 is 2.67 bits per heavy atom. The van der Waals surface area contributed by atoms with Gasteiger partial charge in [-0.15, -0.1) is 0 Å². The first kappa shape index (κ1) is 17.5. The molecular weight excluding hydrogens is 342 g/mol. The van der Waals surface area contributed by atoms with Crippen LogP contribution in [0, 0.1) is 0 Å². The Kier molecular flexibility index (Phi) is 4.75. The fraction of sp³-hybridized carbons (Fsp3) is 0.400. The van der Waals surface area contributed by atoms with E-state index < -0.39 is 0 Å². The van der Waals surface area contributed by atoms with Crippen LogP contribution in [0.3, 0.4) is 0 Å². The molecular formula is C20H23N5O2. The van der Waals surface area contributed by atoms with E-state index in [0.717, 1.165) is 30.0 Å². The number of carbonyl (C=O) groups is 1. The fourth-order valence-corrected chi connectivity index (χ4v) is 3.36. The third kappa shape index (κ3) is 3.63. The lowest BCUT2D eigenvalue weighted by molar-refractivity contribution is 0.102. The maximum Gasteiger partial charge on any atom is 0.257 e. The number of hydrogen-bond donors (Lipinski definition) is 1. The van der Waals surface area contributed by atoms with Crippen LogP contribution in [0.4, 0.5) is 11.5 Å². The summed E-state index contributed by atoms with van der Waals surface area (Å²) in [5.41, 5.74) is 2.38. The molecule has 1 fully saturated rings. The van der Waals surface area contributed by atoms with E-state index in [1.165, 1.54) is 25.5 Å². The van der Waals surface area contributed by atoms with E-state index in [1.807, 2.05) is 26.0 Å². The van der Waals surface area contributed by atoms with E-state index in [4.69, 9.17) is 4.52 Å². The average Bonchev–Trinajstić information content (AvgIpc) is 3.13. The molecule has 4 rings (SSSR count). The quantitative estimate of drug-likeness (QED) is 0.753. The second-order valence-electron chi connectivity index (χ2n) is 7.21. The Labute approximate surface area is 157 Å². The van der Waals surface area contributed by atoms with E-state index in [-0.39, 0.29) is 11.8 Å². The molecule has 1 aliphatic rings. The van der Waals surface area contributed by atoms with Crippen LogP contribution < -0.4 is 10.2 Å². The van der Waals surface area contributed by atoms with E-state index >= 15 is 0 Å². The van der Waals surface area contributed by atoms with Gasteiger partial charge in [0.2, 0.25) is 0 Å². The Bertz CT molecular complexity index is 943. The zero-order valence-corrected chi connectivity index (χ0v) is 15.6. The number of fused-ring (bicyclic) bond motifs is 1. The van der Waals surface area contributed by atoms with Gasteiger partial charge in [-0.25, -0.2) is 9.97 Å². The molecule has 0 unspecified atom stereocenters. The zero-order chi connectivity index (χ0) is 18.8. The van der Waals surface area contributed by atoms with Crippen LogP contribution in [0.1, 0.15) is 55.1 Å². The van der Waals surface area contributed by atoms with Crippen molar-refractivity contribution in [3.8, 4) is 0 Å². The minimum absolute atomic E-state index is 0.192. The molecule has 0 bridgehead atoms. The highest BCUT2D eigenvalue weighted by Gasteiger charge is 2.16. The number of hydrogen-bond acceptors (Lipinski definition) is 6. The summed E-state index contributed by atoms with van der Waals surface area (Å²) in [6.07, 6.45) is 6.90. The maximum absolute atomic E-state index is 12.6. The third-order valence-corrected chi connectivity index (χ3v) is 4.85. The Balaban J connectivity index is 1.50. The van der Waals surface area contributed by atoms with Gasteiger partial charge in [-0.2, -0.15) is 0 Å². The molecule has 7 heteroatoms. The minimum Gasteiger partial charge on any atom is -0.357 e. The molecule has 1 saturated heterocycles. The first-order chi connectivity index (χ1) is 13.1. The van der Waals surface area contributed by atoms with Crippen LogP contribution in [-0.2, 0) is 0 Å². The van der Waals surface area contributed by atoms with Crippen LogP contribution in [0.5, 0.6) is 0 Å². The van der Waals surface area contributed by atoms with Crippen LogP contribution in [0.2, 0.25) is 0 Å². The normalized spacial score (nSPS) is 14.7. The van der Waals surface area contributed by atoms with Crippen molar-refractivity contribution >= 4 is 28.5 Å². The Hall–Kier alpha value is -2.96. The van der Waals surface area contributed by atoms with Crippen molar-refractivity contribution in [2.24, 2.45) is 0 Å². The largest absolute Gasteiger partial charge is 0.357 e. The van der Waals surface area contributed by atoms with E-state index in [1.54, 1.807) is 12.3 Å². The number of carbonyl (C=O) groups excluding carboxylic acids is 1. The molecule has 3 aromatic heterocycles. The van der Waals surface area contributed by atoms with Crippen molar-refractivity contribution < 1.29 is 9.32 Å². The van der Waals surface area contributed by atoms with Gasteiger partial charge in [0.15, 0.2) is 0 Å². The maximum atomic E-state index is 12.6. The summed E-state index contributed by atoms with van der Waals surface area (Å²) in [6.45, 7) is 6.14. The number of nitrogens with zero attached hydrogens (tertiary/aromatic N) is 4. The smallest absolute Gasteiger partial charge is 0.257 e. The monoisotopic (exact) mass is 365 g/mol. The Morgan fingerprint density at radius 2 is 1.96 bits per heavy atom. The summed E-state index contributed by atoms with van der Waals surface area (Å²) in [4.78, 5) is 23.6. The predicted molar refractivity (Wildman–Crippen MR) is 104 cm³/mol. The van der Waals surface area contributed by atoms with Crippen molar-refractivity contribution in [1.82, 2.24) is 15.1 Å². The van der Waals surface area contributed by atoms with Crippen LogP contribution in [-0.4, -0.2) is 34.1 Å². The zero-order valence-electron chi connectivity index (χ0n) is 15.6. The van der Waals surface area contributed by atoms with Crippen molar-refractivity contribution in [2.75, 3.05) is 23.3 Å². The average molecular weight is 365 g/mol. The molecule has 140 valence electrons. The highest BCUT2D eigenvalue weighted by Crippen LogP contribution is 2.24. The molecule has 0 radical (unpaired) electrons. The van der Waals surface area contributed by atoms with E-state index in [2.05, 4.69) is 25.3 Å². The van der Waals surface area contributed by atoms with E-state index in [9.17, 15) is 4.79 Å². The van der Waals surface area contributed by atoms with Crippen LogP contribution in [0.25, 0.3) is 11.1 Å². The van der Waals surface area contributed by atoms with Crippen LogP contribution >= 0.6 is 0 Å². The molecule has 0 saturated carbocycles. The molecule has 0 aromatic carbocycles. The minimum atomic E-state index is -0.229. The van der Waals surface area contributed by atoms with Crippen molar-refractivity contribution in [2.45, 2.75) is 39.0 Å². The Morgan fingerprint density at radius 1 is 1.15 bits per heavy atom. The van der Waals surface area contributed by atoms with Gasteiger partial charge >= 0.3 is 0 Å². The number of nitrogens with one attached hydrogen (secondary N) is 1. The molecule has 7 nitrogen and oxygen atoms in total. The fourth-order valence-electron chi connectivity index (χ4n) is 3.36. The van der Waals surface area contributed by atoms with Crippen molar-refractivity contribution in [1.29, 1.82) is 0 Å². The van der Waals surface area contributed by atoms with Gasteiger partial charge in [0.25, 0.3) is 11.6 Å². The standard InChI is InChI=1S/C20H23N5O2/c1-13(2)18-16-10-14(11-22-20(16)27-24-18)19(26)23-15-6-7-17(21-12-15)25-8-4-3-5-9-25/h6-7,10-13H,3-5,8-9H2,1-2H3,(H,23,26). The summed E-state index contributed by atoms with van der Waals surface area (Å²) in [6, 6.07) is 5.62. The lowest BCUT2D eigenvalue weighted by Crippen LogP contribution is -2.30. The van der Waals surface area contributed by atoms with Gasteiger partial charge in [-0.05, 0) is 43.4 Å². The van der Waals surface area contributed by atoms with Gasteiger partial charge < -0.3 is 14.7 Å². The molecule has 1 aliphatic heterocycles. The second kappa shape index (κ2) is 7.34. The van der Waals surface area contributed by atoms with E-state index in [0.29, 0.717) is 17.0 Å². The summed E-state index contributed by atoms with van der Waals surface area (Å²) in [5.74, 6) is 0.924. The van der Waals surface area contributed by atoms with Crippen molar-refractivity contribution in [3.05, 3.63) is 41.9 Å². The number of amides is 1. The number of piperidine rings is 1. The first-order valence-corrected chi connectivity index (χ1v) is 9.39. The lowest BCUT2D eigenvalue weighted by Gasteiger charge is -2.27. The third-order valence-electron chi connectivity index (χ3n) is 4.85. The van der Waals surface area contributed by atoms with Gasteiger partial charge in [0.05, 0.1) is 28.5 Å².